The minimum atomic E-state index is -0.609. The van der Waals surface area contributed by atoms with E-state index >= 15 is 0 Å². The van der Waals surface area contributed by atoms with Crippen molar-refractivity contribution < 1.29 is 13.5 Å². The lowest BCUT2D eigenvalue weighted by atomic mass is 10.1. The van der Waals surface area contributed by atoms with E-state index < -0.39 is 11.6 Å². The van der Waals surface area contributed by atoms with Gasteiger partial charge in [0.15, 0.2) is 0 Å². The first-order valence-corrected chi connectivity index (χ1v) is 6.29. The zero-order valence-electron chi connectivity index (χ0n) is 11.5. The van der Waals surface area contributed by atoms with Gasteiger partial charge in [-0.15, -0.1) is 0 Å². The summed E-state index contributed by atoms with van der Waals surface area (Å²) in [4.78, 5) is 0. The minimum Gasteiger partial charge on any atom is -0.383 e. The summed E-state index contributed by atoms with van der Waals surface area (Å²) >= 11 is 0. The summed E-state index contributed by atoms with van der Waals surface area (Å²) in [6, 6.07) is 3.51. The lowest BCUT2D eigenvalue weighted by Gasteiger charge is -2.05. The van der Waals surface area contributed by atoms with Crippen LogP contribution in [-0.2, 0) is 18.3 Å². The van der Waals surface area contributed by atoms with Gasteiger partial charge in [0, 0.05) is 50.6 Å². The van der Waals surface area contributed by atoms with Crippen LogP contribution in [-0.4, -0.2) is 30.0 Å². The van der Waals surface area contributed by atoms with E-state index in [1.807, 2.05) is 6.20 Å². The van der Waals surface area contributed by atoms with Gasteiger partial charge < -0.3 is 10.1 Å². The molecule has 20 heavy (non-hydrogen) atoms. The largest absolute Gasteiger partial charge is 0.383 e. The second-order valence-electron chi connectivity index (χ2n) is 4.47. The first kappa shape index (κ1) is 14.6. The van der Waals surface area contributed by atoms with Crippen LogP contribution >= 0.6 is 0 Å². The molecule has 0 saturated carbocycles. The summed E-state index contributed by atoms with van der Waals surface area (Å²) in [5.74, 6) is -1.20. The maximum absolute atomic E-state index is 13.8. The van der Waals surface area contributed by atoms with E-state index in [1.54, 1.807) is 18.8 Å². The van der Waals surface area contributed by atoms with Crippen molar-refractivity contribution in [2.75, 3.05) is 20.3 Å². The predicted molar refractivity (Wildman–Crippen MR) is 72.1 cm³/mol. The lowest BCUT2D eigenvalue weighted by molar-refractivity contribution is 0.199. The van der Waals surface area contributed by atoms with Crippen LogP contribution in [0.2, 0.25) is 0 Å². The van der Waals surface area contributed by atoms with Crippen LogP contribution in [0, 0.1) is 11.6 Å². The van der Waals surface area contributed by atoms with Gasteiger partial charge in [-0.1, -0.05) is 0 Å². The average Bonchev–Trinajstić information content (AvgIpc) is 2.76. The smallest absolute Gasteiger partial charge is 0.135 e. The third kappa shape index (κ3) is 3.40. The molecule has 0 aliphatic heterocycles. The summed E-state index contributed by atoms with van der Waals surface area (Å²) in [6.45, 7) is 1.83. The highest BCUT2D eigenvalue weighted by Crippen LogP contribution is 2.25. The number of nitrogens with zero attached hydrogens (tertiary/aromatic N) is 2. The number of nitrogens with one attached hydrogen (secondary N) is 1. The Kier molecular flexibility index (Phi) is 4.81. The third-order valence-electron chi connectivity index (χ3n) is 2.89. The van der Waals surface area contributed by atoms with Gasteiger partial charge in [-0.2, -0.15) is 5.10 Å². The Balaban J connectivity index is 2.22. The van der Waals surface area contributed by atoms with Crippen molar-refractivity contribution in [3.8, 4) is 11.3 Å². The molecule has 0 bridgehead atoms. The fourth-order valence-corrected chi connectivity index (χ4v) is 1.97. The van der Waals surface area contributed by atoms with Crippen molar-refractivity contribution in [1.29, 1.82) is 0 Å². The van der Waals surface area contributed by atoms with E-state index in [9.17, 15) is 8.78 Å². The molecule has 2 aromatic rings. The number of rotatable bonds is 6. The SMILES string of the molecule is COCCNCc1cn(C)nc1-c1ccc(F)cc1F. The highest BCUT2D eigenvalue weighted by atomic mass is 19.1. The summed E-state index contributed by atoms with van der Waals surface area (Å²) in [5, 5.41) is 7.44. The Bertz CT molecular complexity index is 584. The topological polar surface area (TPSA) is 39.1 Å². The highest BCUT2D eigenvalue weighted by molar-refractivity contribution is 5.63. The Labute approximate surface area is 116 Å². The molecule has 6 heteroatoms. The molecule has 1 aromatic carbocycles. The molecule has 1 heterocycles. The molecule has 0 amide bonds. The van der Waals surface area contributed by atoms with E-state index in [-0.39, 0.29) is 0 Å². The zero-order valence-corrected chi connectivity index (χ0v) is 11.5. The van der Waals surface area contributed by atoms with Gasteiger partial charge >= 0.3 is 0 Å². The fraction of sp³-hybridized carbons (Fsp3) is 0.357. The molecule has 0 atom stereocenters. The fourth-order valence-electron chi connectivity index (χ4n) is 1.97. The van der Waals surface area contributed by atoms with Crippen LogP contribution in [0.15, 0.2) is 24.4 Å². The molecule has 108 valence electrons. The molecular formula is C14H17F2N3O. The van der Waals surface area contributed by atoms with Crippen LogP contribution in [0.25, 0.3) is 11.3 Å². The van der Waals surface area contributed by atoms with Gasteiger partial charge in [-0.05, 0) is 12.1 Å². The van der Waals surface area contributed by atoms with Crippen molar-refractivity contribution in [3.63, 3.8) is 0 Å². The molecule has 2 rings (SSSR count). The molecule has 0 spiro atoms. The van der Waals surface area contributed by atoms with Gasteiger partial charge in [0.2, 0.25) is 0 Å². The lowest BCUT2D eigenvalue weighted by Crippen LogP contribution is -2.18. The molecule has 0 fully saturated rings. The van der Waals surface area contributed by atoms with Crippen LogP contribution in [0.5, 0.6) is 0 Å². The molecule has 0 saturated heterocycles. The molecule has 1 aromatic heterocycles. The highest BCUT2D eigenvalue weighted by Gasteiger charge is 2.14. The maximum Gasteiger partial charge on any atom is 0.135 e. The average molecular weight is 281 g/mol. The van der Waals surface area contributed by atoms with Gasteiger partial charge in [0.1, 0.15) is 11.6 Å². The van der Waals surface area contributed by atoms with Crippen molar-refractivity contribution in [1.82, 2.24) is 15.1 Å². The van der Waals surface area contributed by atoms with Crippen LogP contribution in [0.4, 0.5) is 8.78 Å². The first-order chi connectivity index (χ1) is 9.61. The third-order valence-corrected chi connectivity index (χ3v) is 2.89. The number of aryl methyl sites for hydroxylation is 1. The van der Waals surface area contributed by atoms with Crippen molar-refractivity contribution in [2.45, 2.75) is 6.54 Å². The molecule has 4 nitrogen and oxygen atoms in total. The minimum absolute atomic E-state index is 0.301. The van der Waals surface area contributed by atoms with Crippen LogP contribution < -0.4 is 5.32 Å². The maximum atomic E-state index is 13.8. The van der Waals surface area contributed by atoms with Gasteiger partial charge in [-0.25, -0.2) is 8.78 Å². The first-order valence-electron chi connectivity index (χ1n) is 6.29. The number of hydrogen-bond donors (Lipinski definition) is 1. The van der Waals surface area contributed by atoms with Crippen LogP contribution in [0.1, 0.15) is 5.56 Å². The standard InChI is InChI=1S/C14H17F2N3O/c1-19-9-10(8-17-5-6-20-2)14(18-19)12-4-3-11(15)7-13(12)16/h3-4,7,9,17H,5-6,8H2,1-2H3. The van der Waals surface area contributed by atoms with E-state index in [4.69, 9.17) is 4.74 Å². The second kappa shape index (κ2) is 6.58. The van der Waals surface area contributed by atoms with E-state index in [1.165, 1.54) is 12.1 Å². The van der Waals surface area contributed by atoms with Crippen molar-refractivity contribution >= 4 is 0 Å². The normalized spacial score (nSPS) is 11.0. The quantitative estimate of drug-likeness (QED) is 0.824. The number of hydrogen-bond acceptors (Lipinski definition) is 3. The number of aromatic nitrogens is 2. The number of methoxy groups -OCH3 is 1. The Morgan fingerprint density at radius 1 is 1.35 bits per heavy atom. The second-order valence-corrected chi connectivity index (χ2v) is 4.47. The number of benzene rings is 1. The number of ether oxygens (including phenoxy) is 1. The van der Waals surface area contributed by atoms with E-state index in [0.717, 1.165) is 11.6 Å². The zero-order chi connectivity index (χ0) is 14.5. The number of halogens is 2. The molecule has 0 unspecified atom stereocenters. The van der Waals surface area contributed by atoms with Gasteiger partial charge in [0.25, 0.3) is 0 Å². The predicted octanol–water partition coefficient (Wildman–Crippen LogP) is 2.10. The molecule has 1 N–H and O–H groups in total. The molecule has 0 aliphatic rings. The van der Waals surface area contributed by atoms with Crippen molar-refractivity contribution in [2.24, 2.45) is 7.05 Å². The summed E-state index contributed by atoms with van der Waals surface area (Å²) < 4.78 is 33.4. The van der Waals surface area contributed by atoms with Crippen molar-refractivity contribution in [3.05, 3.63) is 41.6 Å². The Morgan fingerprint density at radius 2 is 2.15 bits per heavy atom. The Hall–Kier alpha value is -1.79. The van der Waals surface area contributed by atoms with E-state index in [0.29, 0.717) is 31.0 Å². The monoisotopic (exact) mass is 281 g/mol. The summed E-state index contributed by atoms with van der Waals surface area (Å²) in [6.07, 6.45) is 1.82. The van der Waals surface area contributed by atoms with E-state index in [2.05, 4.69) is 10.4 Å². The Morgan fingerprint density at radius 3 is 2.85 bits per heavy atom. The van der Waals surface area contributed by atoms with Crippen LogP contribution in [0.3, 0.4) is 0 Å². The van der Waals surface area contributed by atoms with Gasteiger partial charge in [-0.3, -0.25) is 4.68 Å². The molecule has 0 aliphatic carbocycles. The summed E-state index contributed by atoms with van der Waals surface area (Å²) in [5.41, 5.74) is 1.68. The van der Waals surface area contributed by atoms with Gasteiger partial charge in [0.05, 0.1) is 12.3 Å². The molecule has 0 radical (unpaired) electrons. The molecular weight excluding hydrogens is 264 g/mol. The summed E-state index contributed by atoms with van der Waals surface area (Å²) in [7, 11) is 3.40.